The van der Waals surface area contributed by atoms with E-state index in [1.165, 1.54) is 19.2 Å². The first-order valence-electron chi connectivity index (χ1n) is 6.68. The molecule has 1 saturated heterocycles. The first-order chi connectivity index (χ1) is 9.82. The zero-order valence-corrected chi connectivity index (χ0v) is 12.9. The van der Waals surface area contributed by atoms with Crippen LogP contribution in [-0.2, 0) is 14.6 Å². The van der Waals surface area contributed by atoms with Crippen LogP contribution in [0, 0.1) is 0 Å². The van der Waals surface area contributed by atoms with E-state index in [2.05, 4.69) is 4.74 Å². The molecule has 7 heteroatoms. The lowest BCUT2D eigenvalue weighted by molar-refractivity contribution is 0.0600. The molecule has 1 atom stereocenters. The molecular weight excluding hydrogens is 294 g/mol. The molecule has 1 unspecified atom stereocenters. The highest BCUT2D eigenvalue weighted by molar-refractivity contribution is 7.90. The molecule has 1 fully saturated rings. The number of hydrogen-bond acceptors (Lipinski definition) is 6. The van der Waals surface area contributed by atoms with E-state index in [4.69, 9.17) is 0 Å². The van der Waals surface area contributed by atoms with Crippen molar-refractivity contribution >= 4 is 21.5 Å². The molecule has 2 rings (SSSR count). The normalized spacial score (nSPS) is 19.4. The van der Waals surface area contributed by atoms with Crippen molar-refractivity contribution in [2.45, 2.75) is 23.8 Å². The summed E-state index contributed by atoms with van der Waals surface area (Å²) in [6, 6.07) is 4.47. The third kappa shape index (κ3) is 3.54. The molecule has 0 amide bonds. The summed E-state index contributed by atoms with van der Waals surface area (Å²) in [7, 11) is -2.25. The third-order valence-electron chi connectivity index (χ3n) is 3.52. The predicted molar refractivity (Wildman–Crippen MR) is 78.3 cm³/mol. The number of methoxy groups -OCH3 is 1. The average molecular weight is 313 g/mol. The first kappa shape index (κ1) is 15.8. The molecule has 0 aromatic heterocycles. The number of anilines is 1. The number of nitrogens with zero attached hydrogens (tertiary/aromatic N) is 1. The maximum Gasteiger partial charge on any atom is 0.337 e. The van der Waals surface area contributed by atoms with Crippen molar-refractivity contribution in [1.82, 2.24) is 0 Å². The third-order valence-corrected chi connectivity index (χ3v) is 4.64. The summed E-state index contributed by atoms with van der Waals surface area (Å²) >= 11 is 0. The van der Waals surface area contributed by atoms with Gasteiger partial charge in [-0.25, -0.2) is 13.2 Å². The number of β-amino-alcohol motifs (C(OH)–C–C–N with tert-alkyl or cyclic N) is 1. The number of rotatable bonds is 3. The van der Waals surface area contributed by atoms with Crippen molar-refractivity contribution in [3.8, 4) is 0 Å². The Hall–Kier alpha value is -1.60. The minimum absolute atomic E-state index is 0.0829. The van der Waals surface area contributed by atoms with Gasteiger partial charge in [0.2, 0.25) is 0 Å². The zero-order chi connectivity index (χ0) is 15.6. The maximum atomic E-state index is 12.0. The molecule has 6 nitrogen and oxygen atoms in total. The Morgan fingerprint density at radius 1 is 1.43 bits per heavy atom. The fraction of sp³-hybridized carbons (Fsp3) is 0.500. The number of aliphatic hydroxyl groups is 1. The Balaban J connectivity index is 2.48. The number of benzene rings is 1. The van der Waals surface area contributed by atoms with Crippen LogP contribution >= 0.6 is 0 Å². The molecule has 0 spiro atoms. The van der Waals surface area contributed by atoms with Crippen LogP contribution in [-0.4, -0.2) is 52.1 Å². The highest BCUT2D eigenvalue weighted by Crippen LogP contribution is 2.29. The number of esters is 1. The Bertz CT molecular complexity index is 641. The van der Waals surface area contributed by atoms with E-state index < -0.39 is 21.9 Å². The van der Waals surface area contributed by atoms with Gasteiger partial charge in [-0.15, -0.1) is 0 Å². The second-order valence-electron chi connectivity index (χ2n) is 5.19. The number of sulfone groups is 1. The Morgan fingerprint density at radius 3 is 2.71 bits per heavy atom. The van der Waals surface area contributed by atoms with Gasteiger partial charge in [-0.3, -0.25) is 0 Å². The molecule has 21 heavy (non-hydrogen) atoms. The molecule has 1 aliphatic rings. The van der Waals surface area contributed by atoms with Crippen LogP contribution < -0.4 is 4.90 Å². The van der Waals surface area contributed by atoms with Gasteiger partial charge in [-0.1, -0.05) is 0 Å². The van der Waals surface area contributed by atoms with E-state index in [0.717, 1.165) is 12.7 Å². The Labute approximate surface area is 124 Å². The molecule has 0 radical (unpaired) electrons. The van der Waals surface area contributed by atoms with Crippen LogP contribution in [0.5, 0.6) is 0 Å². The first-order valence-corrected chi connectivity index (χ1v) is 8.57. The molecule has 0 bridgehead atoms. The number of aliphatic hydroxyl groups excluding tert-OH is 1. The number of piperidine rings is 1. The van der Waals surface area contributed by atoms with Crippen LogP contribution in [0.25, 0.3) is 0 Å². The molecule has 1 aromatic rings. The summed E-state index contributed by atoms with van der Waals surface area (Å²) in [5, 5.41) is 9.75. The Kier molecular flexibility index (Phi) is 4.53. The molecule has 116 valence electrons. The fourth-order valence-corrected chi connectivity index (χ4v) is 3.41. The van der Waals surface area contributed by atoms with Crippen LogP contribution in [0.1, 0.15) is 23.2 Å². The molecular formula is C14H19NO5S. The smallest absolute Gasteiger partial charge is 0.337 e. The molecule has 0 saturated carbocycles. The molecule has 1 N–H and O–H groups in total. The average Bonchev–Trinajstić information content (AvgIpc) is 2.45. The van der Waals surface area contributed by atoms with Gasteiger partial charge < -0.3 is 14.7 Å². The van der Waals surface area contributed by atoms with Crippen LogP contribution in [0.2, 0.25) is 0 Å². The summed E-state index contributed by atoms with van der Waals surface area (Å²) in [5.41, 5.74) is 0.711. The number of hydrogen-bond donors (Lipinski definition) is 1. The van der Waals surface area contributed by atoms with Gasteiger partial charge in [0.1, 0.15) is 0 Å². The van der Waals surface area contributed by atoms with E-state index in [1.54, 1.807) is 6.07 Å². The van der Waals surface area contributed by atoms with E-state index in [9.17, 15) is 18.3 Å². The lowest BCUT2D eigenvalue weighted by atomic mass is 10.1. The lowest BCUT2D eigenvalue weighted by Gasteiger charge is -2.33. The number of carbonyl (C=O) groups excluding carboxylic acids is 1. The zero-order valence-electron chi connectivity index (χ0n) is 12.1. The summed E-state index contributed by atoms with van der Waals surface area (Å²) in [4.78, 5) is 13.5. The van der Waals surface area contributed by atoms with Gasteiger partial charge in [0.05, 0.1) is 29.4 Å². The van der Waals surface area contributed by atoms with Gasteiger partial charge in [-0.2, -0.15) is 0 Å². The van der Waals surface area contributed by atoms with Gasteiger partial charge in [-0.05, 0) is 31.0 Å². The van der Waals surface area contributed by atoms with E-state index >= 15 is 0 Å². The SMILES string of the molecule is COC(=O)c1ccc(N2CCCC(O)C2)c(S(C)(=O)=O)c1. The molecule has 1 aromatic carbocycles. The van der Waals surface area contributed by atoms with E-state index in [-0.39, 0.29) is 10.5 Å². The number of ether oxygens (including phenoxy) is 1. The molecule has 0 aliphatic carbocycles. The summed E-state index contributed by atoms with van der Waals surface area (Å²) in [5.74, 6) is -0.579. The highest BCUT2D eigenvalue weighted by atomic mass is 32.2. The largest absolute Gasteiger partial charge is 0.465 e. The van der Waals surface area contributed by atoms with Crippen molar-refractivity contribution in [3.63, 3.8) is 0 Å². The topological polar surface area (TPSA) is 83.9 Å². The number of carbonyl (C=O) groups is 1. The van der Waals surface area contributed by atoms with Crippen molar-refractivity contribution in [1.29, 1.82) is 0 Å². The second-order valence-corrected chi connectivity index (χ2v) is 7.17. The monoisotopic (exact) mass is 313 g/mol. The van der Waals surface area contributed by atoms with Gasteiger partial charge in [0.15, 0.2) is 9.84 Å². The van der Waals surface area contributed by atoms with Gasteiger partial charge in [0, 0.05) is 19.3 Å². The molecule has 1 heterocycles. The van der Waals surface area contributed by atoms with Crippen LogP contribution in [0.3, 0.4) is 0 Å². The van der Waals surface area contributed by atoms with Crippen LogP contribution in [0.4, 0.5) is 5.69 Å². The van der Waals surface area contributed by atoms with Crippen molar-refractivity contribution in [2.75, 3.05) is 31.4 Å². The Morgan fingerprint density at radius 2 is 2.14 bits per heavy atom. The van der Waals surface area contributed by atoms with E-state index in [1.807, 2.05) is 4.90 Å². The van der Waals surface area contributed by atoms with Crippen molar-refractivity contribution in [2.24, 2.45) is 0 Å². The van der Waals surface area contributed by atoms with Gasteiger partial charge in [0.25, 0.3) is 0 Å². The van der Waals surface area contributed by atoms with Crippen molar-refractivity contribution in [3.05, 3.63) is 23.8 Å². The van der Waals surface area contributed by atoms with Gasteiger partial charge >= 0.3 is 5.97 Å². The van der Waals surface area contributed by atoms with Crippen molar-refractivity contribution < 1.29 is 23.1 Å². The highest BCUT2D eigenvalue weighted by Gasteiger charge is 2.24. The minimum atomic E-state index is -3.50. The standard InChI is InChI=1S/C14H19NO5S/c1-20-14(17)10-5-6-12(13(8-10)21(2,18)19)15-7-3-4-11(16)9-15/h5-6,8,11,16H,3-4,7,9H2,1-2H3. The summed E-state index contributed by atoms with van der Waals surface area (Å²) in [6.45, 7) is 1.07. The summed E-state index contributed by atoms with van der Waals surface area (Å²) < 4.78 is 28.6. The minimum Gasteiger partial charge on any atom is -0.465 e. The molecule has 1 aliphatic heterocycles. The predicted octanol–water partition coefficient (Wildman–Crippen LogP) is 0.838. The quantitative estimate of drug-likeness (QED) is 0.833. The fourth-order valence-electron chi connectivity index (χ4n) is 2.49. The maximum absolute atomic E-state index is 12.0. The lowest BCUT2D eigenvalue weighted by Crippen LogP contribution is -2.38. The summed E-state index contributed by atoms with van der Waals surface area (Å²) in [6.07, 6.45) is 2.15. The van der Waals surface area contributed by atoms with Crippen LogP contribution in [0.15, 0.2) is 23.1 Å². The second kappa shape index (κ2) is 6.03. The van der Waals surface area contributed by atoms with E-state index in [0.29, 0.717) is 25.2 Å².